The smallest absolute Gasteiger partial charge is 0.398 e. The summed E-state index contributed by atoms with van der Waals surface area (Å²) in [5, 5.41) is -0.0130. The molecular weight excluding hydrogens is 325 g/mol. The molecule has 7 heteroatoms. The Balaban J connectivity index is 1.97. The van der Waals surface area contributed by atoms with Gasteiger partial charge in [-0.1, -0.05) is 24.3 Å². The maximum atomic E-state index is 12.7. The van der Waals surface area contributed by atoms with E-state index >= 15 is 0 Å². The van der Waals surface area contributed by atoms with Crippen molar-refractivity contribution in [1.82, 2.24) is 4.98 Å². The lowest BCUT2D eigenvalue weighted by atomic mass is 9.84. The number of benzene rings is 1. The number of sulfone groups is 1. The summed E-state index contributed by atoms with van der Waals surface area (Å²) in [6, 6.07) is 13.1. The first-order valence-corrected chi connectivity index (χ1v) is 9.24. The molecule has 24 heavy (non-hydrogen) atoms. The molecule has 1 fully saturated rings. The molecule has 1 aliphatic heterocycles. The van der Waals surface area contributed by atoms with E-state index in [1.54, 1.807) is 42.5 Å². The van der Waals surface area contributed by atoms with Gasteiger partial charge in [0.2, 0.25) is 9.84 Å². The molecule has 0 bridgehead atoms. The Kier molecular flexibility index (Phi) is 4.06. The summed E-state index contributed by atoms with van der Waals surface area (Å²) in [5.74, 6) is 0. The molecule has 2 aromatic rings. The number of hydrogen-bond donors (Lipinski definition) is 0. The largest absolute Gasteiger partial charge is 0.514 e. The Morgan fingerprint density at radius 1 is 0.875 bits per heavy atom. The first-order valence-electron chi connectivity index (χ1n) is 7.76. The highest BCUT2D eigenvalue weighted by molar-refractivity contribution is 7.91. The summed E-state index contributed by atoms with van der Waals surface area (Å²) < 4.78 is 37.3. The average Bonchev–Trinajstić information content (AvgIpc) is 2.76. The second-order valence-corrected chi connectivity index (χ2v) is 8.70. The van der Waals surface area contributed by atoms with Gasteiger partial charge in [-0.2, -0.15) is 0 Å². The van der Waals surface area contributed by atoms with E-state index in [0.29, 0.717) is 5.59 Å². The zero-order chi connectivity index (χ0) is 17.6. The quantitative estimate of drug-likeness (QED) is 0.798. The van der Waals surface area contributed by atoms with Crippen molar-refractivity contribution in [1.29, 1.82) is 0 Å². The molecule has 2 heterocycles. The van der Waals surface area contributed by atoms with Crippen molar-refractivity contribution in [3.63, 3.8) is 0 Å². The Hall–Kier alpha value is -1.70. The zero-order valence-electron chi connectivity index (χ0n) is 14.2. The summed E-state index contributed by atoms with van der Waals surface area (Å²) in [4.78, 5) is 4.51. The summed E-state index contributed by atoms with van der Waals surface area (Å²) in [7, 11) is -4.36. The maximum absolute atomic E-state index is 12.7. The Labute approximate surface area is 143 Å². The number of aromatic nitrogens is 1. The van der Waals surface area contributed by atoms with Gasteiger partial charge >= 0.3 is 7.12 Å². The third kappa shape index (κ3) is 2.87. The van der Waals surface area contributed by atoms with Crippen molar-refractivity contribution >= 4 is 22.5 Å². The van der Waals surface area contributed by atoms with Crippen LogP contribution in [-0.4, -0.2) is 31.7 Å². The van der Waals surface area contributed by atoms with Crippen LogP contribution in [0.1, 0.15) is 27.7 Å². The SMILES string of the molecule is CC1(C)OB(c2cccc(S(=O)(=O)c3ccccc3)n2)OC1(C)C. The van der Waals surface area contributed by atoms with Crippen LogP contribution in [0.2, 0.25) is 0 Å². The van der Waals surface area contributed by atoms with Crippen molar-refractivity contribution in [2.24, 2.45) is 0 Å². The van der Waals surface area contributed by atoms with Crippen molar-refractivity contribution < 1.29 is 17.7 Å². The van der Waals surface area contributed by atoms with Crippen LogP contribution in [0, 0.1) is 0 Å². The van der Waals surface area contributed by atoms with Gasteiger partial charge in [-0.3, -0.25) is 0 Å². The van der Waals surface area contributed by atoms with Crippen molar-refractivity contribution in [2.45, 2.75) is 48.8 Å². The van der Waals surface area contributed by atoms with Gasteiger partial charge in [0, 0.05) is 0 Å². The standard InChI is InChI=1S/C17H20BNO4S/c1-16(2)17(3,4)23-18(22-16)14-11-8-12-15(19-14)24(20,21)13-9-6-5-7-10-13/h5-12H,1-4H3. The minimum Gasteiger partial charge on any atom is -0.398 e. The van der Waals surface area contributed by atoms with Crippen LogP contribution in [0.3, 0.4) is 0 Å². The fourth-order valence-electron chi connectivity index (χ4n) is 2.40. The molecule has 0 unspecified atom stereocenters. The topological polar surface area (TPSA) is 65.5 Å². The molecule has 1 saturated heterocycles. The molecule has 1 aliphatic rings. The number of rotatable bonds is 3. The highest BCUT2D eigenvalue weighted by Gasteiger charge is 2.52. The van der Waals surface area contributed by atoms with Crippen LogP contribution < -0.4 is 5.59 Å². The molecule has 0 atom stereocenters. The van der Waals surface area contributed by atoms with Gasteiger partial charge in [-0.05, 0) is 52.0 Å². The minimum absolute atomic E-state index is 0.0130. The predicted octanol–water partition coefficient (Wildman–Crippen LogP) is 2.21. The fourth-order valence-corrected chi connectivity index (χ4v) is 3.64. The van der Waals surface area contributed by atoms with Crippen LogP contribution in [0.4, 0.5) is 0 Å². The van der Waals surface area contributed by atoms with Crippen LogP contribution in [0.25, 0.3) is 0 Å². The number of nitrogens with zero attached hydrogens (tertiary/aromatic N) is 1. The first kappa shape index (κ1) is 17.1. The van der Waals surface area contributed by atoms with Crippen LogP contribution >= 0.6 is 0 Å². The monoisotopic (exact) mass is 345 g/mol. The Morgan fingerprint density at radius 3 is 2.04 bits per heavy atom. The zero-order valence-corrected chi connectivity index (χ0v) is 15.0. The van der Waals surface area contributed by atoms with Crippen molar-refractivity contribution in [2.75, 3.05) is 0 Å². The van der Waals surface area contributed by atoms with Crippen molar-refractivity contribution in [3.05, 3.63) is 48.5 Å². The molecule has 1 aromatic carbocycles. The highest BCUT2D eigenvalue weighted by Crippen LogP contribution is 2.36. The van der Waals surface area contributed by atoms with Gasteiger partial charge < -0.3 is 9.31 Å². The highest BCUT2D eigenvalue weighted by atomic mass is 32.2. The lowest BCUT2D eigenvalue weighted by Crippen LogP contribution is -2.41. The Bertz CT molecular complexity index is 834. The molecule has 126 valence electrons. The summed E-state index contributed by atoms with van der Waals surface area (Å²) in [6.07, 6.45) is 0. The van der Waals surface area contributed by atoms with Crippen LogP contribution in [0.15, 0.2) is 58.5 Å². The second-order valence-electron chi connectivity index (χ2n) is 6.81. The first-order chi connectivity index (χ1) is 11.1. The van der Waals surface area contributed by atoms with Gasteiger partial charge in [0.25, 0.3) is 0 Å². The van der Waals surface area contributed by atoms with Crippen molar-refractivity contribution in [3.8, 4) is 0 Å². The third-order valence-corrected chi connectivity index (χ3v) is 6.24. The summed E-state index contributed by atoms with van der Waals surface area (Å²) >= 11 is 0. The predicted molar refractivity (Wildman–Crippen MR) is 91.8 cm³/mol. The van der Waals surface area contributed by atoms with Gasteiger partial charge in [0.15, 0.2) is 5.03 Å². The molecule has 0 aliphatic carbocycles. The van der Waals surface area contributed by atoms with E-state index in [4.69, 9.17) is 9.31 Å². The Morgan fingerprint density at radius 2 is 1.46 bits per heavy atom. The van der Waals surface area contributed by atoms with E-state index in [0.717, 1.165) is 0 Å². The van der Waals surface area contributed by atoms with Crippen LogP contribution in [-0.2, 0) is 19.1 Å². The van der Waals surface area contributed by atoms with Gasteiger partial charge in [0.1, 0.15) is 0 Å². The molecule has 1 aromatic heterocycles. The second kappa shape index (κ2) is 5.69. The fraction of sp³-hybridized carbons (Fsp3) is 0.353. The van der Waals surface area contributed by atoms with Crippen LogP contribution in [0.5, 0.6) is 0 Å². The molecule has 3 rings (SSSR count). The molecule has 0 radical (unpaired) electrons. The van der Waals surface area contributed by atoms with E-state index in [1.165, 1.54) is 6.07 Å². The van der Waals surface area contributed by atoms with E-state index in [2.05, 4.69) is 4.98 Å². The molecule has 0 amide bonds. The molecule has 5 nitrogen and oxygen atoms in total. The number of pyridine rings is 1. The molecule has 0 saturated carbocycles. The molecular formula is C17H20BNO4S. The van der Waals surface area contributed by atoms with Gasteiger partial charge in [-0.15, -0.1) is 0 Å². The van der Waals surface area contributed by atoms with E-state index in [1.807, 2.05) is 27.7 Å². The lowest BCUT2D eigenvalue weighted by Gasteiger charge is -2.32. The lowest BCUT2D eigenvalue weighted by molar-refractivity contribution is 0.00578. The van der Waals surface area contributed by atoms with E-state index < -0.39 is 28.2 Å². The average molecular weight is 345 g/mol. The normalized spacial score (nSPS) is 19.4. The third-order valence-electron chi connectivity index (χ3n) is 4.57. The molecule has 0 spiro atoms. The number of hydrogen-bond acceptors (Lipinski definition) is 5. The minimum atomic E-state index is -3.67. The summed E-state index contributed by atoms with van der Waals surface area (Å²) in [6.45, 7) is 7.77. The summed E-state index contributed by atoms with van der Waals surface area (Å²) in [5.41, 5.74) is -0.563. The van der Waals surface area contributed by atoms with Gasteiger partial charge in [0.05, 0.1) is 21.7 Å². The van der Waals surface area contributed by atoms with E-state index in [-0.39, 0.29) is 9.92 Å². The van der Waals surface area contributed by atoms with E-state index in [9.17, 15) is 8.42 Å². The van der Waals surface area contributed by atoms with Gasteiger partial charge in [-0.25, -0.2) is 13.4 Å². The maximum Gasteiger partial charge on any atom is 0.514 e. The molecule has 0 N–H and O–H groups in total.